The van der Waals surface area contributed by atoms with E-state index in [1.165, 1.54) is 25.3 Å². The molecular formula is C13H15NO4. The minimum Gasteiger partial charge on any atom is -0.497 e. The number of methoxy groups -OCH3 is 1. The molecule has 1 aromatic rings. The van der Waals surface area contributed by atoms with Gasteiger partial charge in [0.2, 0.25) is 5.91 Å². The minimum atomic E-state index is -1.12. The fraction of sp³-hybridized carbons (Fsp3) is 0.231. The zero-order chi connectivity index (χ0) is 13.7. The van der Waals surface area contributed by atoms with Gasteiger partial charge in [0.25, 0.3) is 0 Å². The first-order valence-corrected chi connectivity index (χ1v) is 5.31. The van der Waals surface area contributed by atoms with Crippen molar-refractivity contribution < 1.29 is 19.4 Å². The molecular weight excluding hydrogens is 234 g/mol. The van der Waals surface area contributed by atoms with Crippen LogP contribution in [0.2, 0.25) is 0 Å². The molecule has 5 nitrogen and oxygen atoms in total. The molecule has 0 atom stereocenters. The quantitative estimate of drug-likeness (QED) is 0.803. The summed E-state index contributed by atoms with van der Waals surface area (Å²) in [7, 11) is 1.45. The van der Waals surface area contributed by atoms with Crippen molar-refractivity contribution in [3.8, 4) is 5.75 Å². The summed E-state index contributed by atoms with van der Waals surface area (Å²) in [6.45, 7) is 3.57. The van der Waals surface area contributed by atoms with Crippen molar-refractivity contribution in [3.05, 3.63) is 35.4 Å². The predicted octanol–water partition coefficient (Wildman–Crippen LogP) is 2.30. The second-order valence-corrected chi connectivity index (χ2v) is 3.93. The number of rotatable bonds is 4. The number of hydrogen-bond acceptors (Lipinski definition) is 3. The van der Waals surface area contributed by atoms with Crippen LogP contribution in [0.25, 0.3) is 0 Å². The number of benzene rings is 1. The van der Waals surface area contributed by atoms with Crippen molar-refractivity contribution in [2.75, 3.05) is 12.4 Å². The maximum absolute atomic E-state index is 11.5. The minimum absolute atomic E-state index is 0.00939. The highest BCUT2D eigenvalue weighted by Crippen LogP contribution is 2.22. The summed E-state index contributed by atoms with van der Waals surface area (Å²) in [6, 6.07) is 4.45. The average Bonchev–Trinajstić information content (AvgIpc) is 2.28. The van der Waals surface area contributed by atoms with Crippen molar-refractivity contribution in [1.82, 2.24) is 0 Å². The van der Waals surface area contributed by atoms with Gasteiger partial charge in [-0.25, -0.2) is 4.79 Å². The first-order chi connectivity index (χ1) is 8.43. The number of nitrogens with one attached hydrogen (secondary N) is 1. The molecule has 0 aliphatic rings. The Kier molecular flexibility index (Phi) is 4.48. The summed E-state index contributed by atoms with van der Waals surface area (Å²) in [5.74, 6) is -1.06. The van der Waals surface area contributed by atoms with Crippen LogP contribution in [0, 0.1) is 0 Å². The molecule has 0 saturated heterocycles. The molecule has 0 unspecified atom stereocenters. The molecule has 1 amide bonds. The third-order valence-corrected chi connectivity index (χ3v) is 2.13. The molecule has 96 valence electrons. The fourth-order valence-corrected chi connectivity index (χ4v) is 1.37. The SMILES string of the molecule is COc1ccc(NC(=O)C=C(C)C)c(C(=O)O)c1. The Hall–Kier alpha value is -2.30. The number of anilines is 1. The molecule has 2 N–H and O–H groups in total. The van der Waals surface area contributed by atoms with Gasteiger partial charge in [0, 0.05) is 6.08 Å². The van der Waals surface area contributed by atoms with Crippen LogP contribution in [0.3, 0.4) is 0 Å². The number of allylic oxidation sites excluding steroid dienone is 1. The van der Waals surface area contributed by atoms with Crippen molar-refractivity contribution >= 4 is 17.6 Å². The highest BCUT2D eigenvalue weighted by atomic mass is 16.5. The molecule has 1 aromatic carbocycles. The summed E-state index contributed by atoms with van der Waals surface area (Å²) in [5.41, 5.74) is 1.06. The number of hydrogen-bond donors (Lipinski definition) is 2. The average molecular weight is 249 g/mol. The van der Waals surface area contributed by atoms with Crippen LogP contribution in [-0.4, -0.2) is 24.1 Å². The lowest BCUT2D eigenvalue weighted by Crippen LogP contribution is -2.12. The van der Waals surface area contributed by atoms with Crippen LogP contribution in [0.4, 0.5) is 5.69 Å². The lowest BCUT2D eigenvalue weighted by atomic mass is 10.1. The number of carbonyl (C=O) groups excluding carboxylic acids is 1. The Labute approximate surface area is 105 Å². The van der Waals surface area contributed by atoms with Crippen LogP contribution in [0.1, 0.15) is 24.2 Å². The van der Waals surface area contributed by atoms with Crippen molar-refractivity contribution in [2.45, 2.75) is 13.8 Å². The van der Waals surface area contributed by atoms with Gasteiger partial charge in [-0.05, 0) is 32.0 Å². The first kappa shape index (κ1) is 13.8. The second kappa shape index (κ2) is 5.86. The van der Waals surface area contributed by atoms with Crippen molar-refractivity contribution in [2.24, 2.45) is 0 Å². The van der Waals surface area contributed by atoms with Crippen molar-refractivity contribution in [3.63, 3.8) is 0 Å². The van der Waals surface area contributed by atoms with Gasteiger partial charge in [0.15, 0.2) is 0 Å². The summed E-state index contributed by atoms with van der Waals surface area (Å²) < 4.78 is 4.94. The van der Waals surface area contributed by atoms with Gasteiger partial charge in [0.1, 0.15) is 5.75 Å². The topological polar surface area (TPSA) is 75.6 Å². The van der Waals surface area contributed by atoms with E-state index in [0.29, 0.717) is 5.75 Å². The molecule has 0 aliphatic heterocycles. The van der Waals surface area contributed by atoms with Gasteiger partial charge in [-0.15, -0.1) is 0 Å². The van der Waals surface area contributed by atoms with Gasteiger partial charge in [0.05, 0.1) is 18.4 Å². The highest BCUT2D eigenvalue weighted by molar-refractivity contribution is 6.04. The van der Waals surface area contributed by atoms with Crippen LogP contribution in [0.5, 0.6) is 5.75 Å². The molecule has 0 aliphatic carbocycles. The standard InChI is InChI=1S/C13H15NO4/c1-8(2)6-12(15)14-11-5-4-9(18-3)7-10(11)13(16)17/h4-7H,1-3H3,(H,14,15)(H,16,17). The largest absolute Gasteiger partial charge is 0.497 e. The zero-order valence-electron chi connectivity index (χ0n) is 10.5. The molecule has 0 fully saturated rings. The molecule has 0 spiro atoms. The molecule has 18 heavy (non-hydrogen) atoms. The lowest BCUT2D eigenvalue weighted by molar-refractivity contribution is -0.111. The molecule has 0 radical (unpaired) electrons. The van der Waals surface area contributed by atoms with Crippen LogP contribution in [0.15, 0.2) is 29.8 Å². The Morgan fingerprint density at radius 3 is 2.50 bits per heavy atom. The van der Waals surface area contributed by atoms with E-state index in [-0.39, 0.29) is 17.2 Å². The monoisotopic (exact) mass is 249 g/mol. The zero-order valence-corrected chi connectivity index (χ0v) is 10.5. The number of carbonyl (C=O) groups is 2. The van der Waals surface area contributed by atoms with Crippen LogP contribution < -0.4 is 10.1 Å². The van der Waals surface area contributed by atoms with E-state index in [9.17, 15) is 9.59 Å². The third-order valence-electron chi connectivity index (χ3n) is 2.13. The molecule has 0 saturated carbocycles. The Balaban J connectivity index is 3.05. The van der Waals surface area contributed by atoms with Gasteiger partial charge in [-0.1, -0.05) is 5.57 Å². The van der Waals surface area contributed by atoms with Crippen LogP contribution >= 0.6 is 0 Å². The number of amides is 1. The Morgan fingerprint density at radius 1 is 1.33 bits per heavy atom. The van der Waals surface area contributed by atoms with Gasteiger partial charge >= 0.3 is 5.97 Å². The van der Waals surface area contributed by atoms with Crippen molar-refractivity contribution in [1.29, 1.82) is 0 Å². The summed E-state index contributed by atoms with van der Waals surface area (Å²) in [6.07, 6.45) is 1.40. The van der Waals surface area contributed by atoms with E-state index < -0.39 is 5.97 Å². The Morgan fingerprint density at radius 2 is 2.00 bits per heavy atom. The lowest BCUT2D eigenvalue weighted by Gasteiger charge is -2.08. The molecule has 0 aromatic heterocycles. The normalized spacial score (nSPS) is 9.50. The third kappa shape index (κ3) is 3.62. The summed E-state index contributed by atoms with van der Waals surface area (Å²) in [5, 5.41) is 11.6. The molecule has 0 heterocycles. The molecule has 0 bridgehead atoms. The smallest absolute Gasteiger partial charge is 0.337 e. The maximum Gasteiger partial charge on any atom is 0.337 e. The van der Waals surface area contributed by atoms with E-state index in [1.807, 2.05) is 0 Å². The second-order valence-electron chi connectivity index (χ2n) is 3.93. The van der Waals surface area contributed by atoms with E-state index >= 15 is 0 Å². The number of aromatic carboxylic acids is 1. The highest BCUT2D eigenvalue weighted by Gasteiger charge is 2.12. The van der Waals surface area contributed by atoms with Gasteiger partial charge in [-0.2, -0.15) is 0 Å². The van der Waals surface area contributed by atoms with Gasteiger partial charge in [-0.3, -0.25) is 4.79 Å². The van der Waals surface area contributed by atoms with Gasteiger partial charge < -0.3 is 15.2 Å². The fourth-order valence-electron chi connectivity index (χ4n) is 1.37. The first-order valence-electron chi connectivity index (χ1n) is 5.31. The summed E-state index contributed by atoms with van der Waals surface area (Å²) in [4.78, 5) is 22.6. The maximum atomic E-state index is 11.5. The Bertz CT molecular complexity index is 502. The van der Waals surface area contributed by atoms with Crippen LogP contribution in [-0.2, 0) is 4.79 Å². The van der Waals surface area contributed by atoms with E-state index in [4.69, 9.17) is 9.84 Å². The van der Waals surface area contributed by atoms with E-state index in [0.717, 1.165) is 5.57 Å². The number of carboxylic acid groups (broad SMARTS) is 1. The van der Waals surface area contributed by atoms with E-state index in [2.05, 4.69) is 5.32 Å². The summed E-state index contributed by atoms with van der Waals surface area (Å²) >= 11 is 0. The number of carboxylic acids is 1. The van der Waals surface area contributed by atoms with E-state index in [1.54, 1.807) is 19.9 Å². The number of ether oxygens (including phenoxy) is 1. The molecule has 5 heteroatoms. The predicted molar refractivity (Wildman–Crippen MR) is 68.0 cm³/mol. The molecule has 1 rings (SSSR count).